The molecule has 2 heterocycles. The van der Waals surface area contributed by atoms with Gasteiger partial charge in [-0.25, -0.2) is 4.68 Å². The molecule has 0 aliphatic carbocycles. The van der Waals surface area contributed by atoms with Gasteiger partial charge < -0.3 is 0 Å². The predicted molar refractivity (Wildman–Crippen MR) is 84.9 cm³/mol. The second-order valence-corrected chi connectivity index (χ2v) is 5.04. The largest absolute Gasteiger partial charge is 0.289 e. The predicted octanol–water partition coefficient (Wildman–Crippen LogP) is 2.81. The molecule has 2 aromatic heterocycles. The molecule has 1 aromatic carbocycles. The highest BCUT2D eigenvalue weighted by Gasteiger charge is 2.12. The normalized spacial score (nSPS) is 11.2. The number of hydrogen-bond acceptors (Lipinski definition) is 3. The topological polar surface area (TPSA) is 52.7 Å². The molecular formula is C17H16N4O. The SMILES string of the molecule is Cc1c(C(=O)/C=C/c2cnn(C)c2)cnn1-c1ccccc1. The van der Waals surface area contributed by atoms with Crippen molar-refractivity contribution in [1.29, 1.82) is 0 Å². The maximum Gasteiger partial charge on any atom is 0.189 e. The summed E-state index contributed by atoms with van der Waals surface area (Å²) in [6.45, 7) is 1.89. The van der Waals surface area contributed by atoms with Crippen LogP contribution in [0.1, 0.15) is 21.6 Å². The van der Waals surface area contributed by atoms with E-state index in [4.69, 9.17) is 0 Å². The fraction of sp³-hybridized carbons (Fsp3) is 0.118. The molecule has 3 rings (SSSR count). The van der Waals surface area contributed by atoms with E-state index < -0.39 is 0 Å². The van der Waals surface area contributed by atoms with Gasteiger partial charge in [0, 0.05) is 18.8 Å². The third-order valence-electron chi connectivity index (χ3n) is 3.43. The Bertz CT molecular complexity index is 827. The summed E-state index contributed by atoms with van der Waals surface area (Å²) in [6, 6.07) is 9.75. The number of rotatable bonds is 4. The van der Waals surface area contributed by atoms with Crippen molar-refractivity contribution in [2.45, 2.75) is 6.92 Å². The van der Waals surface area contributed by atoms with E-state index in [2.05, 4.69) is 10.2 Å². The van der Waals surface area contributed by atoms with Crippen LogP contribution in [-0.2, 0) is 7.05 Å². The van der Waals surface area contributed by atoms with E-state index in [1.165, 1.54) is 0 Å². The first-order valence-electron chi connectivity index (χ1n) is 6.96. The Labute approximate surface area is 128 Å². The van der Waals surface area contributed by atoms with Crippen molar-refractivity contribution in [3.8, 4) is 5.69 Å². The summed E-state index contributed by atoms with van der Waals surface area (Å²) in [5, 5.41) is 8.38. The molecule has 0 saturated carbocycles. The molecule has 0 atom stereocenters. The Morgan fingerprint density at radius 2 is 1.91 bits per heavy atom. The first kappa shape index (κ1) is 14.0. The maximum absolute atomic E-state index is 12.3. The van der Waals surface area contributed by atoms with Gasteiger partial charge in [0.15, 0.2) is 5.78 Å². The first-order valence-corrected chi connectivity index (χ1v) is 6.96. The Hall–Kier alpha value is -2.95. The van der Waals surface area contributed by atoms with Crippen LogP contribution >= 0.6 is 0 Å². The van der Waals surface area contributed by atoms with Gasteiger partial charge in [0.05, 0.1) is 29.3 Å². The molecule has 0 spiro atoms. The molecule has 5 nitrogen and oxygen atoms in total. The number of carbonyl (C=O) groups is 1. The fourth-order valence-electron chi connectivity index (χ4n) is 2.27. The second-order valence-electron chi connectivity index (χ2n) is 5.04. The average molecular weight is 292 g/mol. The molecular weight excluding hydrogens is 276 g/mol. The van der Waals surface area contributed by atoms with E-state index in [1.807, 2.05) is 50.5 Å². The van der Waals surface area contributed by atoms with Crippen LogP contribution in [0.4, 0.5) is 0 Å². The molecule has 0 aliphatic heterocycles. The third-order valence-corrected chi connectivity index (χ3v) is 3.43. The number of para-hydroxylation sites is 1. The van der Waals surface area contributed by atoms with Crippen LogP contribution < -0.4 is 0 Å². The summed E-state index contributed by atoms with van der Waals surface area (Å²) in [6.07, 6.45) is 8.48. The number of hydrogen-bond donors (Lipinski definition) is 0. The lowest BCUT2D eigenvalue weighted by molar-refractivity contribution is 0.104. The summed E-state index contributed by atoms with van der Waals surface area (Å²) in [5.74, 6) is -0.0662. The number of aromatic nitrogens is 4. The van der Waals surface area contributed by atoms with E-state index in [0.717, 1.165) is 16.9 Å². The van der Waals surface area contributed by atoms with Gasteiger partial charge in [-0.15, -0.1) is 0 Å². The van der Waals surface area contributed by atoms with Gasteiger partial charge in [0.2, 0.25) is 0 Å². The van der Waals surface area contributed by atoms with Gasteiger partial charge in [-0.2, -0.15) is 10.2 Å². The summed E-state index contributed by atoms with van der Waals surface area (Å²) in [4.78, 5) is 12.3. The lowest BCUT2D eigenvalue weighted by Crippen LogP contribution is -2.01. The Balaban J connectivity index is 1.85. The molecule has 5 heteroatoms. The Morgan fingerprint density at radius 1 is 1.14 bits per heavy atom. The number of allylic oxidation sites excluding steroid dienone is 1. The minimum atomic E-state index is -0.0662. The third kappa shape index (κ3) is 2.74. The summed E-state index contributed by atoms with van der Waals surface area (Å²) >= 11 is 0. The molecule has 0 N–H and O–H groups in total. The van der Waals surface area contributed by atoms with E-state index in [9.17, 15) is 4.79 Å². The molecule has 110 valence electrons. The molecule has 0 bridgehead atoms. The van der Waals surface area contributed by atoms with Crippen molar-refractivity contribution in [2.75, 3.05) is 0 Å². The molecule has 3 aromatic rings. The van der Waals surface area contributed by atoms with Gasteiger partial charge in [-0.1, -0.05) is 18.2 Å². The van der Waals surface area contributed by atoms with Gasteiger partial charge in [0.1, 0.15) is 0 Å². The quantitative estimate of drug-likeness (QED) is 0.549. The zero-order valence-electron chi connectivity index (χ0n) is 12.5. The van der Waals surface area contributed by atoms with Crippen LogP contribution in [0.2, 0.25) is 0 Å². The second kappa shape index (κ2) is 5.81. The zero-order chi connectivity index (χ0) is 15.5. The standard InChI is InChI=1S/C17H16N4O/c1-13-16(11-19-21(13)15-6-4-3-5-7-15)17(22)9-8-14-10-18-20(2)12-14/h3-12H,1-2H3/b9-8+. The van der Waals surface area contributed by atoms with Crippen LogP contribution in [0, 0.1) is 6.92 Å². The number of benzene rings is 1. The Morgan fingerprint density at radius 3 is 2.59 bits per heavy atom. The van der Waals surface area contributed by atoms with Crippen molar-refractivity contribution in [2.24, 2.45) is 7.05 Å². The van der Waals surface area contributed by atoms with Crippen molar-refractivity contribution < 1.29 is 4.79 Å². The summed E-state index contributed by atoms with van der Waals surface area (Å²) < 4.78 is 3.47. The fourth-order valence-corrected chi connectivity index (χ4v) is 2.27. The van der Waals surface area contributed by atoms with Crippen LogP contribution in [0.15, 0.2) is 55.0 Å². The monoisotopic (exact) mass is 292 g/mol. The number of aryl methyl sites for hydroxylation is 1. The van der Waals surface area contributed by atoms with Gasteiger partial charge >= 0.3 is 0 Å². The van der Waals surface area contributed by atoms with Crippen molar-refractivity contribution >= 4 is 11.9 Å². The molecule has 0 amide bonds. The highest BCUT2D eigenvalue weighted by molar-refractivity contribution is 6.07. The minimum absolute atomic E-state index is 0.0662. The maximum atomic E-state index is 12.3. The van der Waals surface area contributed by atoms with Gasteiger partial charge in [-0.3, -0.25) is 9.48 Å². The molecule has 0 saturated heterocycles. The number of ketones is 1. The smallest absolute Gasteiger partial charge is 0.189 e. The molecule has 0 aliphatic rings. The minimum Gasteiger partial charge on any atom is -0.289 e. The van der Waals surface area contributed by atoms with Gasteiger partial charge in [0.25, 0.3) is 0 Å². The Kier molecular flexibility index (Phi) is 3.70. The molecule has 0 unspecified atom stereocenters. The van der Waals surface area contributed by atoms with Gasteiger partial charge in [-0.05, 0) is 31.2 Å². The van der Waals surface area contributed by atoms with Crippen LogP contribution in [0.3, 0.4) is 0 Å². The summed E-state index contributed by atoms with van der Waals surface area (Å²) in [5.41, 5.74) is 3.26. The lowest BCUT2D eigenvalue weighted by Gasteiger charge is -2.03. The van der Waals surface area contributed by atoms with Crippen molar-refractivity contribution in [3.05, 3.63) is 71.8 Å². The molecule has 0 radical (unpaired) electrons. The van der Waals surface area contributed by atoms with E-state index in [0.29, 0.717) is 5.56 Å². The molecule has 22 heavy (non-hydrogen) atoms. The van der Waals surface area contributed by atoms with Crippen LogP contribution in [0.25, 0.3) is 11.8 Å². The van der Waals surface area contributed by atoms with Crippen molar-refractivity contribution in [3.63, 3.8) is 0 Å². The van der Waals surface area contributed by atoms with E-state index in [1.54, 1.807) is 33.9 Å². The number of carbonyl (C=O) groups excluding carboxylic acids is 1. The lowest BCUT2D eigenvalue weighted by atomic mass is 10.1. The summed E-state index contributed by atoms with van der Waals surface area (Å²) in [7, 11) is 1.84. The molecule has 0 fully saturated rings. The van der Waals surface area contributed by atoms with E-state index in [-0.39, 0.29) is 5.78 Å². The van der Waals surface area contributed by atoms with E-state index >= 15 is 0 Å². The van der Waals surface area contributed by atoms with Crippen LogP contribution in [0.5, 0.6) is 0 Å². The van der Waals surface area contributed by atoms with Crippen LogP contribution in [-0.4, -0.2) is 25.3 Å². The first-order chi connectivity index (χ1) is 10.6. The number of nitrogens with zero attached hydrogens (tertiary/aromatic N) is 4. The van der Waals surface area contributed by atoms with Crippen molar-refractivity contribution in [1.82, 2.24) is 19.6 Å². The highest BCUT2D eigenvalue weighted by atomic mass is 16.1. The highest BCUT2D eigenvalue weighted by Crippen LogP contribution is 2.15. The zero-order valence-corrected chi connectivity index (χ0v) is 12.5. The average Bonchev–Trinajstić information content (AvgIpc) is 3.12.